The highest BCUT2D eigenvalue weighted by molar-refractivity contribution is 7.90. The Morgan fingerprint density at radius 3 is 2.92 bits per heavy atom. The van der Waals surface area contributed by atoms with E-state index in [1.165, 1.54) is 0 Å². The summed E-state index contributed by atoms with van der Waals surface area (Å²) in [6.07, 6.45) is 1.55. The van der Waals surface area contributed by atoms with Crippen LogP contribution in [-0.2, 0) is 27.9 Å². The zero-order valence-electron chi connectivity index (χ0n) is 6.90. The minimum Gasteiger partial charge on any atom is -0.324 e. The smallest absolute Gasteiger partial charge is 0.160 e. The third kappa shape index (κ3) is 1.54. The van der Waals surface area contributed by atoms with Crippen molar-refractivity contribution in [1.82, 2.24) is 9.97 Å². The highest BCUT2D eigenvalue weighted by Gasteiger charge is 2.26. The highest BCUT2D eigenvalue weighted by atomic mass is 32.2. The van der Waals surface area contributed by atoms with Crippen molar-refractivity contribution in [3.63, 3.8) is 0 Å². The van der Waals surface area contributed by atoms with Crippen LogP contribution in [0.4, 0.5) is 0 Å². The first-order chi connectivity index (χ1) is 6.11. The van der Waals surface area contributed by atoms with E-state index in [1.807, 2.05) is 0 Å². The second-order valence-electron chi connectivity index (χ2n) is 2.99. The predicted molar refractivity (Wildman–Crippen MR) is 46.3 cm³/mol. The number of nitrogens with two attached hydrogens (primary N) is 1. The predicted octanol–water partition coefficient (Wildman–Crippen LogP) is -0.636. The van der Waals surface area contributed by atoms with E-state index in [0.717, 1.165) is 0 Å². The van der Waals surface area contributed by atoms with Gasteiger partial charge in [-0.2, -0.15) is 0 Å². The SMILES string of the molecule is NCc1ncc2c(n1)CS(=O)(=O)C2. The highest BCUT2D eigenvalue weighted by Crippen LogP contribution is 2.21. The Labute approximate surface area is 75.9 Å². The first-order valence-corrected chi connectivity index (χ1v) is 5.67. The van der Waals surface area contributed by atoms with Crippen LogP contribution in [0.25, 0.3) is 0 Å². The third-order valence-electron chi connectivity index (χ3n) is 1.92. The fourth-order valence-electron chi connectivity index (χ4n) is 1.32. The number of fused-ring (bicyclic) bond motifs is 1. The lowest BCUT2D eigenvalue weighted by Gasteiger charge is -1.97. The average molecular weight is 199 g/mol. The molecule has 0 spiro atoms. The van der Waals surface area contributed by atoms with E-state index in [4.69, 9.17) is 5.73 Å². The first-order valence-electron chi connectivity index (χ1n) is 3.85. The molecule has 1 aromatic rings. The van der Waals surface area contributed by atoms with Gasteiger partial charge in [-0.05, 0) is 0 Å². The van der Waals surface area contributed by atoms with E-state index in [0.29, 0.717) is 17.1 Å². The summed E-state index contributed by atoms with van der Waals surface area (Å²) in [7, 11) is -2.97. The molecular formula is C7H9N3O2S. The number of hydrogen-bond acceptors (Lipinski definition) is 5. The van der Waals surface area contributed by atoms with Crippen molar-refractivity contribution in [3.05, 3.63) is 23.3 Å². The fourth-order valence-corrected chi connectivity index (χ4v) is 2.81. The van der Waals surface area contributed by atoms with Gasteiger partial charge in [-0.15, -0.1) is 0 Å². The molecule has 2 rings (SSSR count). The number of aromatic nitrogens is 2. The molecule has 0 saturated heterocycles. The summed E-state index contributed by atoms with van der Waals surface area (Å²) in [5.74, 6) is 0.584. The van der Waals surface area contributed by atoms with E-state index in [9.17, 15) is 8.42 Å². The topological polar surface area (TPSA) is 85.9 Å². The largest absolute Gasteiger partial charge is 0.324 e. The lowest BCUT2D eigenvalue weighted by molar-refractivity contribution is 0.597. The van der Waals surface area contributed by atoms with Crippen LogP contribution < -0.4 is 5.73 Å². The monoisotopic (exact) mass is 199 g/mol. The maximum absolute atomic E-state index is 11.2. The lowest BCUT2D eigenvalue weighted by atomic mass is 10.3. The second kappa shape index (κ2) is 2.74. The molecule has 0 aliphatic carbocycles. The number of sulfone groups is 1. The van der Waals surface area contributed by atoms with Crippen molar-refractivity contribution >= 4 is 9.84 Å². The summed E-state index contributed by atoms with van der Waals surface area (Å²) in [6.45, 7) is 0.243. The van der Waals surface area contributed by atoms with Crippen LogP contribution in [0.15, 0.2) is 6.20 Å². The van der Waals surface area contributed by atoms with Crippen LogP contribution >= 0.6 is 0 Å². The minimum atomic E-state index is -2.97. The van der Waals surface area contributed by atoms with Gasteiger partial charge in [0, 0.05) is 11.8 Å². The summed E-state index contributed by atoms with van der Waals surface area (Å²) in [4.78, 5) is 7.99. The average Bonchev–Trinajstić information content (AvgIpc) is 2.36. The van der Waals surface area contributed by atoms with Gasteiger partial charge < -0.3 is 5.73 Å². The molecule has 0 unspecified atom stereocenters. The van der Waals surface area contributed by atoms with E-state index < -0.39 is 9.84 Å². The summed E-state index contributed by atoms with van der Waals surface area (Å²) in [5.41, 5.74) is 6.65. The van der Waals surface area contributed by atoms with Gasteiger partial charge in [0.25, 0.3) is 0 Å². The van der Waals surface area contributed by atoms with Crippen LogP contribution in [0, 0.1) is 0 Å². The molecule has 0 fully saturated rings. The zero-order chi connectivity index (χ0) is 9.47. The molecule has 6 heteroatoms. The fraction of sp³-hybridized carbons (Fsp3) is 0.429. The van der Waals surface area contributed by atoms with Crippen LogP contribution in [0.3, 0.4) is 0 Å². The lowest BCUT2D eigenvalue weighted by Crippen LogP contribution is -2.05. The molecular weight excluding hydrogens is 190 g/mol. The molecule has 1 aromatic heterocycles. The van der Waals surface area contributed by atoms with Crippen molar-refractivity contribution in [2.24, 2.45) is 5.73 Å². The maximum Gasteiger partial charge on any atom is 0.160 e. The molecule has 0 radical (unpaired) electrons. The molecule has 0 saturated carbocycles. The van der Waals surface area contributed by atoms with Crippen LogP contribution in [-0.4, -0.2) is 18.4 Å². The van der Waals surface area contributed by atoms with Gasteiger partial charge in [-0.3, -0.25) is 0 Å². The number of rotatable bonds is 1. The van der Waals surface area contributed by atoms with Crippen LogP contribution in [0.2, 0.25) is 0 Å². The molecule has 0 amide bonds. The summed E-state index contributed by atoms with van der Waals surface area (Å²) in [5, 5.41) is 0. The molecule has 1 aliphatic rings. The van der Waals surface area contributed by atoms with E-state index in [1.54, 1.807) is 6.20 Å². The molecule has 0 bridgehead atoms. The summed E-state index contributed by atoms with van der Waals surface area (Å²) in [6, 6.07) is 0. The summed E-state index contributed by atoms with van der Waals surface area (Å²) < 4.78 is 22.4. The van der Waals surface area contributed by atoms with Gasteiger partial charge in [-0.25, -0.2) is 18.4 Å². The maximum atomic E-state index is 11.2. The molecule has 70 valence electrons. The van der Waals surface area contributed by atoms with Crippen molar-refractivity contribution in [2.75, 3.05) is 0 Å². The Morgan fingerprint density at radius 2 is 2.23 bits per heavy atom. The number of nitrogens with zero attached hydrogens (tertiary/aromatic N) is 2. The van der Waals surface area contributed by atoms with Crippen LogP contribution in [0.5, 0.6) is 0 Å². The van der Waals surface area contributed by atoms with E-state index in [2.05, 4.69) is 9.97 Å². The minimum absolute atomic E-state index is 0.0256. The van der Waals surface area contributed by atoms with Crippen molar-refractivity contribution < 1.29 is 8.42 Å². The molecule has 13 heavy (non-hydrogen) atoms. The molecule has 2 N–H and O–H groups in total. The van der Waals surface area contributed by atoms with Gasteiger partial charge >= 0.3 is 0 Å². The van der Waals surface area contributed by atoms with E-state index >= 15 is 0 Å². The molecule has 0 aromatic carbocycles. The van der Waals surface area contributed by atoms with Gasteiger partial charge in [0.15, 0.2) is 9.84 Å². The van der Waals surface area contributed by atoms with Gasteiger partial charge in [0.05, 0.1) is 23.7 Å². The van der Waals surface area contributed by atoms with Crippen molar-refractivity contribution in [2.45, 2.75) is 18.1 Å². The Morgan fingerprint density at radius 1 is 1.46 bits per heavy atom. The Hall–Kier alpha value is -1.01. The Balaban J connectivity index is 2.47. The standard InChI is InChI=1S/C7H9N3O2S/c8-1-7-9-2-5-3-13(11,12)4-6(5)10-7/h2H,1,3-4,8H2. The quantitative estimate of drug-likeness (QED) is 0.650. The van der Waals surface area contributed by atoms with Gasteiger partial charge in [0.2, 0.25) is 0 Å². The molecule has 5 nitrogen and oxygen atoms in total. The first kappa shape index (κ1) is 8.58. The van der Waals surface area contributed by atoms with E-state index in [-0.39, 0.29) is 18.1 Å². The third-order valence-corrected chi connectivity index (χ3v) is 3.38. The second-order valence-corrected chi connectivity index (χ2v) is 5.06. The Kier molecular flexibility index (Phi) is 1.81. The molecule has 0 atom stereocenters. The van der Waals surface area contributed by atoms with Crippen molar-refractivity contribution in [1.29, 1.82) is 0 Å². The normalized spacial score (nSPS) is 18.5. The molecule has 1 aliphatic heterocycles. The summed E-state index contributed by atoms with van der Waals surface area (Å²) >= 11 is 0. The number of hydrogen-bond donors (Lipinski definition) is 1. The Bertz CT molecular complexity index is 441. The van der Waals surface area contributed by atoms with Crippen molar-refractivity contribution in [3.8, 4) is 0 Å². The zero-order valence-corrected chi connectivity index (χ0v) is 7.71. The van der Waals surface area contributed by atoms with Crippen LogP contribution in [0.1, 0.15) is 17.1 Å². The van der Waals surface area contributed by atoms with Gasteiger partial charge in [0.1, 0.15) is 5.82 Å². The molecule has 2 heterocycles. The van der Waals surface area contributed by atoms with Gasteiger partial charge in [-0.1, -0.05) is 0 Å².